The molecule has 4 rings (SSSR count). The molecule has 2 aromatic rings. The van der Waals surface area contributed by atoms with E-state index in [1.165, 1.54) is 0 Å². The van der Waals surface area contributed by atoms with Crippen LogP contribution < -0.4 is 0 Å². The van der Waals surface area contributed by atoms with E-state index in [4.69, 9.17) is 18.9 Å². The van der Waals surface area contributed by atoms with E-state index in [1.54, 1.807) is 0 Å². The fourth-order valence-electron chi connectivity index (χ4n) is 3.40. The van der Waals surface area contributed by atoms with Crippen molar-refractivity contribution in [3.05, 3.63) is 71.8 Å². The minimum absolute atomic E-state index is 0.215. The zero-order chi connectivity index (χ0) is 17.9. The number of hydrogen-bond acceptors (Lipinski definition) is 6. The number of benzene rings is 2. The molecule has 138 valence electrons. The number of fused-ring (bicyclic) bond motifs is 1. The molecule has 0 unspecified atom stereocenters. The summed E-state index contributed by atoms with van der Waals surface area (Å²) >= 11 is 0. The molecule has 6 nitrogen and oxygen atoms in total. The lowest BCUT2D eigenvalue weighted by Crippen LogP contribution is -2.59. The van der Waals surface area contributed by atoms with E-state index in [-0.39, 0.29) is 13.2 Å². The second kappa shape index (κ2) is 7.84. The van der Waals surface area contributed by atoms with Crippen molar-refractivity contribution in [3.63, 3.8) is 0 Å². The molecule has 2 saturated heterocycles. The van der Waals surface area contributed by atoms with Crippen LogP contribution in [0.3, 0.4) is 0 Å². The molecule has 2 heterocycles. The Hall–Kier alpha value is -1.80. The summed E-state index contributed by atoms with van der Waals surface area (Å²) in [6, 6.07) is 19.0. The molecule has 6 atom stereocenters. The molecule has 0 aliphatic carbocycles. The molecule has 0 aromatic heterocycles. The standard InChI is InChI=1S/C20H22O6/c21-11-15-18-17(25-19(23-15)13-7-3-1-4-8-13)16(12-22)24-20(26-18)14-9-5-2-6-10-14/h1-10,15-22H,11-12H2/t15-,16+,17+,18-,19-,20+. The van der Waals surface area contributed by atoms with Crippen LogP contribution in [0.4, 0.5) is 0 Å². The van der Waals surface area contributed by atoms with Crippen LogP contribution in [0, 0.1) is 0 Å². The van der Waals surface area contributed by atoms with Gasteiger partial charge in [0.2, 0.25) is 0 Å². The first-order chi connectivity index (χ1) is 12.8. The molecule has 0 saturated carbocycles. The van der Waals surface area contributed by atoms with Crippen molar-refractivity contribution in [3.8, 4) is 0 Å². The van der Waals surface area contributed by atoms with Crippen LogP contribution >= 0.6 is 0 Å². The van der Waals surface area contributed by atoms with E-state index in [1.807, 2.05) is 60.7 Å². The summed E-state index contributed by atoms with van der Waals surface area (Å²) in [4.78, 5) is 0. The minimum Gasteiger partial charge on any atom is -0.394 e. The topological polar surface area (TPSA) is 77.4 Å². The summed E-state index contributed by atoms with van der Waals surface area (Å²) in [6.45, 7) is -0.430. The average Bonchev–Trinajstić information content (AvgIpc) is 2.73. The van der Waals surface area contributed by atoms with Gasteiger partial charge >= 0.3 is 0 Å². The van der Waals surface area contributed by atoms with Gasteiger partial charge in [0, 0.05) is 11.1 Å². The van der Waals surface area contributed by atoms with Crippen LogP contribution in [0.1, 0.15) is 23.7 Å². The number of aliphatic hydroxyl groups is 2. The van der Waals surface area contributed by atoms with E-state index in [9.17, 15) is 10.2 Å². The molecular weight excluding hydrogens is 336 g/mol. The van der Waals surface area contributed by atoms with E-state index in [0.717, 1.165) is 11.1 Å². The summed E-state index contributed by atoms with van der Waals surface area (Å²) in [5.74, 6) is 0. The van der Waals surface area contributed by atoms with Crippen molar-refractivity contribution < 1.29 is 29.2 Å². The van der Waals surface area contributed by atoms with E-state index >= 15 is 0 Å². The third-order valence-electron chi connectivity index (χ3n) is 4.72. The van der Waals surface area contributed by atoms with E-state index in [2.05, 4.69) is 0 Å². The van der Waals surface area contributed by atoms with Crippen LogP contribution in [0.25, 0.3) is 0 Å². The average molecular weight is 358 g/mol. The first-order valence-corrected chi connectivity index (χ1v) is 8.73. The fourth-order valence-corrected chi connectivity index (χ4v) is 3.40. The van der Waals surface area contributed by atoms with Crippen LogP contribution in [0.2, 0.25) is 0 Å². The lowest BCUT2D eigenvalue weighted by Gasteiger charge is -2.48. The molecule has 26 heavy (non-hydrogen) atoms. The summed E-state index contributed by atoms with van der Waals surface area (Å²) in [5, 5.41) is 19.7. The summed E-state index contributed by atoms with van der Waals surface area (Å²) in [7, 11) is 0. The van der Waals surface area contributed by atoms with Gasteiger partial charge in [-0.2, -0.15) is 0 Å². The van der Waals surface area contributed by atoms with E-state index in [0.29, 0.717) is 0 Å². The zero-order valence-corrected chi connectivity index (χ0v) is 14.2. The van der Waals surface area contributed by atoms with Crippen LogP contribution in [0.15, 0.2) is 60.7 Å². The quantitative estimate of drug-likeness (QED) is 0.870. The fraction of sp³-hybridized carbons (Fsp3) is 0.400. The first kappa shape index (κ1) is 17.6. The Balaban J connectivity index is 1.59. The highest BCUT2D eigenvalue weighted by molar-refractivity contribution is 5.18. The van der Waals surface area contributed by atoms with Gasteiger partial charge in [0.15, 0.2) is 12.6 Å². The third-order valence-corrected chi connectivity index (χ3v) is 4.72. The maximum absolute atomic E-state index is 9.85. The van der Waals surface area contributed by atoms with Crippen LogP contribution in [-0.4, -0.2) is 47.8 Å². The smallest absolute Gasteiger partial charge is 0.184 e. The Morgan fingerprint density at radius 1 is 0.577 bits per heavy atom. The first-order valence-electron chi connectivity index (χ1n) is 8.73. The highest BCUT2D eigenvalue weighted by atomic mass is 16.8. The number of aliphatic hydroxyl groups excluding tert-OH is 2. The van der Waals surface area contributed by atoms with Gasteiger partial charge in [-0.25, -0.2) is 0 Å². The van der Waals surface area contributed by atoms with Gasteiger partial charge in [0.25, 0.3) is 0 Å². The van der Waals surface area contributed by atoms with Gasteiger partial charge < -0.3 is 29.2 Å². The molecule has 2 aromatic carbocycles. The van der Waals surface area contributed by atoms with Crippen molar-refractivity contribution in [1.82, 2.24) is 0 Å². The molecule has 6 heteroatoms. The van der Waals surface area contributed by atoms with Gasteiger partial charge in [0.1, 0.15) is 24.4 Å². The van der Waals surface area contributed by atoms with Crippen molar-refractivity contribution in [2.45, 2.75) is 37.0 Å². The number of rotatable bonds is 4. The van der Waals surface area contributed by atoms with Gasteiger partial charge in [-0.15, -0.1) is 0 Å². The lowest BCUT2D eigenvalue weighted by molar-refractivity contribution is -0.387. The Kier molecular flexibility index (Phi) is 5.31. The SMILES string of the molecule is OC[C@@H]1O[C@H](c2ccccc2)O[C@H]2[C@H]1O[C@H](c1ccccc1)O[C@@H]2CO. The Morgan fingerprint density at radius 2 is 0.962 bits per heavy atom. The highest BCUT2D eigenvalue weighted by Gasteiger charge is 2.49. The summed E-state index contributed by atoms with van der Waals surface area (Å²) in [5.41, 5.74) is 1.68. The predicted octanol–water partition coefficient (Wildman–Crippen LogP) is 1.94. The summed E-state index contributed by atoms with van der Waals surface area (Å²) < 4.78 is 24.0. The Labute approximate surface area is 151 Å². The maximum Gasteiger partial charge on any atom is 0.184 e. The normalized spacial score (nSPS) is 34.2. The summed E-state index contributed by atoms with van der Waals surface area (Å²) in [6.07, 6.45) is -3.55. The van der Waals surface area contributed by atoms with Crippen LogP contribution in [-0.2, 0) is 18.9 Å². The molecule has 0 radical (unpaired) electrons. The minimum atomic E-state index is -0.649. The van der Waals surface area contributed by atoms with E-state index < -0.39 is 37.0 Å². The third kappa shape index (κ3) is 3.40. The van der Waals surface area contributed by atoms with Crippen molar-refractivity contribution in [1.29, 1.82) is 0 Å². The molecule has 2 fully saturated rings. The molecule has 0 spiro atoms. The van der Waals surface area contributed by atoms with Gasteiger partial charge in [-0.1, -0.05) is 60.7 Å². The molecule has 2 aliphatic rings. The van der Waals surface area contributed by atoms with Crippen LogP contribution in [0.5, 0.6) is 0 Å². The van der Waals surface area contributed by atoms with Gasteiger partial charge in [-0.05, 0) is 0 Å². The molecule has 0 amide bonds. The van der Waals surface area contributed by atoms with Crippen molar-refractivity contribution in [2.75, 3.05) is 13.2 Å². The lowest BCUT2D eigenvalue weighted by atomic mass is 9.99. The number of hydrogen-bond donors (Lipinski definition) is 2. The molecule has 2 aliphatic heterocycles. The Morgan fingerprint density at radius 3 is 1.31 bits per heavy atom. The molecule has 2 N–H and O–H groups in total. The van der Waals surface area contributed by atoms with Gasteiger partial charge in [0.05, 0.1) is 13.2 Å². The van der Waals surface area contributed by atoms with Crippen molar-refractivity contribution >= 4 is 0 Å². The monoisotopic (exact) mass is 358 g/mol. The van der Waals surface area contributed by atoms with Crippen molar-refractivity contribution in [2.24, 2.45) is 0 Å². The predicted molar refractivity (Wildman–Crippen MR) is 92.0 cm³/mol. The molecular formula is C20H22O6. The second-order valence-corrected chi connectivity index (χ2v) is 6.40. The Bertz CT molecular complexity index is 632. The van der Waals surface area contributed by atoms with Gasteiger partial charge in [-0.3, -0.25) is 0 Å². The zero-order valence-electron chi connectivity index (χ0n) is 14.2. The largest absolute Gasteiger partial charge is 0.394 e. The highest BCUT2D eigenvalue weighted by Crippen LogP contribution is 2.40. The second-order valence-electron chi connectivity index (χ2n) is 6.40. The number of ether oxygens (including phenoxy) is 4. The maximum atomic E-state index is 9.85. The molecule has 0 bridgehead atoms.